The molecule has 1 heterocycles. The highest BCUT2D eigenvalue weighted by Gasteiger charge is 2.47. The Hall–Kier alpha value is -2.48. The average molecular weight is 388 g/mol. The number of carbonyl (C=O) groups excluding carboxylic acids is 2. The van der Waals surface area contributed by atoms with E-state index in [4.69, 9.17) is 20.8 Å². The van der Waals surface area contributed by atoms with E-state index < -0.39 is 41.8 Å². The van der Waals surface area contributed by atoms with Gasteiger partial charge in [-0.1, -0.05) is 17.7 Å². The lowest BCUT2D eigenvalue weighted by atomic mass is 10.1. The van der Waals surface area contributed by atoms with Crippen molar-refractivity contribution in [2.24, 2.45) is 5.92 Å². The zero-order chi connectivity index (χ0) is 18.9. The Bertz CT molecular complexity index is 820. The van der Waals surface area contributed by atoms with Crippen LogP contribution < -0.4 is 5.32 Å². The molecule has 0 aliphatic heterocycles. The molecule has 0 saturated heterocycles. The number of hydrogen-bond acceptors (Lipinski definition) is 4. The van der Waals surface area contributed by atoms with Gasteiger partial charge in [-0.3, -0.25) is 9.59 Å². The van der Waals surface area contributed by atoms with Gasteiger partial charge in [-0.25, -0.2) is 0 Å². The third kappa shape index (κ3) is 4.01. The summed E-state index contributed by atoms with van der Waals surface area (Å²) in [6.07, 6.45) is -2.66. The molecule has 1 saturated carbocycles. The molecule has 0 spiro atoms. The fourth-order valence-corrected chi connectivity index (χ4v) is 2.80. The van der Waals surface area contributed by atoms with Gasteiger partial charge in [0.2, 0.25) is 0 Å². The molecule has 0 radical (unpaired) electrons. The molecule has 1 aliphatic carbocycles. The first-order chi connectivity index (χ1) is 12.3. The summed E-state index contributed by atoms with van der Waals surface area (Å²) < 4.78 is 49.0. The fourth-order valence-electron chi connectivity index (χ4n) is 2.58. The van der Waals surface area contributed by atoms with E-state index in [0.717, 1.165) is 12.1 Å². The maximum absolute atomic E-state index is 13.0. The molecule has 2 aromatic rings. The van der Waals surface area contributed by atoms with Crippen LogP contribution in [-0.2, 0) is 20.5 Å². The molecule has 1 aromatic heterocycles. The second kappa shape index (κ2) is 7.03. The molecule has 26 heavy (non-hydrogen) atoms. The average Bonchev–Trinajstić information content (AvgIpc) is 3.19. The van der Waals surface area contributed by atoms with Crippen LogP contribution in [0.2, 0.25) is 5.02 Å². The van der Waals surface area contributed by atoms with Gasteiger partial charge in [-0.05, 0) is 30.7 Å². The summed E-state index contributed by atoms with van der Waals surface area (Å²) in [5, 5.41) is 1.79. The Kier molecular flexibility index (Phi) is 4.95. The van der Waals surface area contributed by atoms with Gasteiger partial charge < -0.3 is 14.5 Å². The van der Waals surface area contributed by atoms with Crippen molar-refractivity contribution in [2.45, 2.75) is 18.5 Å². The summed E-state index contributed by atoms with van der Waals surface area (Å²) in [7, 11) is 0. The number of nitrogens with one attached hydrogen (secondary N) is 1. The second-order valence-corrected chi connectivity index (χ2v) is 6.19. The van der Waals surface area contributed by atoms with Crippen molar-refractivity contribution in [1.82, 2.24) is 0 Å². The minimum absolute atomic E-state index is 0.0963. The number of hydrogen-bond donors (Lipinski definition) is 1. The normalized spacial score (nSPS) is 19.1. The van der Waals surface area contributed by atoms with Crippen molar-refractivity contribution in [1.29, 1.82) is 0 Å². The number of carbonyl (C=O) groups is 2. The number of halogens is 4. The van der Waals surface area contributed by atoms with Gasteiger partial charge in [0.05, 0.1) is 28.5 Å². The lowest BCUT2D eigenvalue weighted by Crippen LogP contribution is -2.23. The molecule has 1 aromatic carbocycles. The van der Waals surface area contributed by atoms with E-state index in [2.05, 4.69) is 5.32 Å². The van der Waals surface area contributed by atoms with Crippen LogP contribution >= 0.6 is 11.6 Å². The zero-order valence-electron chi connectivity index (χ0n) is 13.2. The van der Waals surface area contributed by atoms with Crippen LogP contribution in [0.4, 0.5) is 18.9 Å². The summed E-state index contributed by atoms with van der Waals surface area (Å²) in [5.41, 5.74) is -1.65. The first kappa shape index (κ1) is 18.3. The first-order valence-corrected chi connectivity index (χ1v) is 8.00. The molecule has 5 nitrogen and oxygen atoms in total. The lowest BCUT2D eigenvalue weighted by molar-refractivity contribution is -0.148. The smallest absolute Gasteiger partial charge is 0.418 e. The predicted octanol–water partition coefficient (Wildman–Crippen LogP) is 4.24. The number of benzene rings is 1. The van der Waals surface area contributed by atoms with E-state index in [0.29, 0.717) is 12.2 Å². The number of alkyl halides is 3. The minimum atomic E-state index is -4.69. The van der Waals surface area contributed by atoms with Crippen LogP contribution in [0.15, 0.2) is 41.0 Å². The largest absolute Gasteiger partial charge is 0.469 e. The Morgan fingerprint density at radius 3 is 2.69 bits per heavy atom. The number of amides is 1. The minimum Gasteiger partial charge on any atom is -0.469 e. The molecule has 9 heteroatoms. The van der Waals surface area contributed by atoms with E-state index in [1.165, 1.54) is 12.3 Å². The van der Waals surface area contributed by atoms with Crippen molar-refractivity contribution in [2.75, 3.05) is 11.9 Å². The maximum Gasteiger partial charge on any atom is 0.418 e. The molecule has 0 bridgehead atoms. The number of anilines is 1. The molecule has 138 valence electrons. The predicted molar refractivity (Wildman–Crippen MR) is 85.6 cm³/mol. The third-order valence-corrected chi connectivity index (χ3v) is 4.25. The van der Waals surface area contributed by atoms with Gasteiger partial charge >= 0.3 is 12.1 Å². The summed E-state index contributed by atoms with van der Waals surface area (Å²) in [6.45, 7) is -0.706. The number of rotatable bonds is 5. The molecular formula is C17H13ClF3NO4. The van der Waals surface area contributed by atoms with Crippen LogP contribution in [0.3, 0.4) is 0 Å². The Morgan fingerprint density at radius 1 is 1.27 bits per heavy atom. The number of ether oxygens (including phenoxy) is 1. The molecule has 1 amide bonds. The third-order valence-electron chi connectivity index (χ3n) is 3.93. The summed E-state index contributed by atoms with van der Waals surface area (Å²) >= 11 is 5.75. The Labute approximate surface area is 151 Å². The van der Waals surface area contributed by atoms with Crippen LogP contribution in [0.1, 0.15) is 23.7 Å². The number of para-hydroxylation sites is 1. The fraction of sp³-hybridized carbons (Fsp3) is 0.294. The van der Waals surface area contributed by atoms with Gasteiger partial charge in [0.1, 0.15) is 5.76 Å². The van der Waals surface area contributed by atoms with Gasteiger partial charge in [-0.15, -0.1) is 0 Å². The van der Waals surface area contributed by atoms with Crippen molar-refractivity contribution in [3.05, 3.63) is 52.9 Å². The van der Waals surface area contributed by atoms with Crippen LogP contribution in [0, 0.1) is 5.92 Å². The molecule has 2 atom stereocenters. The molecule has 0 unspecified atom stereocenters. The van der Waals surface area contributed by atoms with Crippen LogP contribution in [0.5, 0.6) is 0 Å². The highest BCUT2D eigenvalue weighted by molar-refractivity contribution is 6.34. The van der Waals surface area contributed by atoms with E-state index in [9.17, 15) is 22.8 Å². The first-order valence-electron chi connectivity index (χ1n) is 7.63. The van der Waals surface area contributed by atoms with Crippen molar-refractivity contribution < 1.29 is 31.9 Å². The maximum atomic E-state index is 13.0. The highest BCUT2D eigenvalue weighted by atomic mass is 35.5. The summed E-state index contributed by atoms with van der Waals surface area (Å²) in [4.78, 5) is 23.8. The Morgan fingerprint density at radius 2 is 2.04 bits per heavy atom. The van der Waals surface area contributed by atoms with Crippen molar-refractivity contribution in [3.63, 3.8) is 0 Å². The van der Waals surface area contributed by atoms with Gasteiger partial charge in [0.15, 0.2) is 6.61 Å². The molecular weight excluding hydrogens is 375 g/mol. The number of esters is 1. The van der Waals surface area contributed by atoms with Crippen LogP contribution in [0.25, 0.3) is 0 Å². The molecule has 1 fully saturated rings. The van der Waals surface area contributed by atoms with Crippen molar-refractivity contribution in [3.8, 4) is 0 Å². The van der Waals surface area contributed by atoms with E-state index in [1.807, 2.05) is 0 Å². The molecule has 1 N–H and O–H groups in total. The molecule has 1 aliphatic rings. The lowest BCUT2D eigenvalue weighted by Gasteiger charge is -2.15. The van der Waals surface area contributed by atoms with Gasteiger partial charge in [0.25, 0.3) is 5.91 Å². The number of furan rings is 1. The standard InChI is InChI=1S/C17H13ClF3NO4/c18-12-4-1-3-11(17(19,20)21)15(12)22-14(23)8-26-16(24)10-7-9(10)13-5-2-6-25-13/h1-6,9-10H,7-8H2,(H,22,23)/t9-,10+/m1/s1. The van der Waals surface area contributed by atoms with E-state index in [-0.39, 0.29) is 10.9 Å². The van der Waals surface area contributed by atoms with Crippen LogP contribution in [-0.4, -0.2) is 18.5 Å². The van der Waals surface area contributed by atoms with Gasteiger partial charge in [-0.2, -0.15) is 13.2 Å². The summed E-state index contributed by atoms with van der Waals surface area (Å²) in [6, 6.07) is 6.58. The monoisotopic (exact) mass is 387 g/mol. The highest BCUT2D eigenvalue weighted by Crippen LogP contribution is 2.48. The summed E-state index contributed by atoms with van der Waals surface area (Å²) in [5.74, 6) is -1.37. The molecule has 3 rings (SSSR count). The quantitative estimate of drug-likeness (QED) is 0.779. The van der Waals surface area contributed by atoms with Gasteiger partial charge in [0, 0.05) is 5.92 Å². The second-order valence-electron chi connectivity index (χ2n) is 5.78. The topological polar surface area (TPSA) is 68.5 Å². The van der Waals surface area contributed by atoms with E-state index in [1.54, 1.807) is 12.1 Å². The van der Waals surface area contributed by atoms with E-state index >= 15 is 0 Å². The SMILES string of the molecule is O=C(COC(=O)[C@H]1C[C@H]1c1ccco1)Nc1c(Cl)cccc1C(F)(F)F. The Balaban J connectivity index is 1.56. The zero-order valence-corrected chi connectivity index (χ0v) is 13.9. The van der Waals surface area contributed by atoms with Crippen molar-refractivity contribution >= 4 is 29.2 Å².